The first kappa shape index (κ1) is 33.1. The summed E-state index contributed by atoms with van der Waals surface area (Å²) in [4.78, 5) is 28.9. The van der Waals surface area contributed by atoms with E-state index in [1.807, 2.05) is 6.92 Å². The zero-order chi connectivity index (χ0) is 31.1. The van der Waals surface area contributed by atoms with Crippen LogP contribution in [0.15, 0.2) is 76.1 Å². The number of sulfonamides is 1. The molecule has 1 fully saturated rings. The SMILES string of the molecule is CCOc1ccc(N(CC(=O)N(Cc2ccc(Cl)c(Cl)c2)[C@@H](C)C(=O)NC2CCCC2)S(=O)(=O)c2ccc(Br)cc2)cc1. The van der Waals surface area contributed by atoms with Crippen molar-refractivity contribution in [1.29, 1.82) is 0 Å². The second-order valence-electron chi connectivity index (χ2n) is 10.3. The number of ether oxygens (including phenoxy) is 1. The summed E-state index contributed by atoms with van der Waals surface area (Å²) in [5, 5.41) is 3.72. The van der Waals surface area contributed by atoms with E-state index in [0.717, 1.165) is 30.0 Å². The van der Waals surface area contributed by atoms with Crippen molar-refractivity contribution in [2.45, 2.75) is 63.1 Å². The standard InChI is InChI=1S/C31H34BrCl2N3O5S/c1-3-42-26-13-11-25(12-14-26)37(43(40,41)27-15-9-23(32)10-16-27)20-30(38)36(19-22-8-17-28(33)29(34)18-22)21(2)31(39)35-24-6-4-5-7-24/h8-18,21,24H,3-7,19-20H2,1-2H3,(H,35,39)/t21-/m0/s1. The molecule has 0 heterocycles. The Morgan fingerprint density at radius 2 is 1.65 bits per heavy atom. The number of benzene rings is 3. The van der Waals surface area contributed by atoms with Crippen LogP contribution in [0.5, 0.6) is 5.75 Å². The maximum atomic E-state index is 14.1. The summed E-state index contributed by atoms with van der Waals surface area (Å²) in [6, 6.07) is 16.8. The molecule has 0 saturated heterocycles. The average molecular weight is 712 g/mol. The average Bonchev–Trinajstić information content (AvgIpc) is 3.50. The Morgan fingerprint density at radius 1 is 1.00 bits per heavy atom. The summed E-state index contributed by atoms with van der Waals surface area (Å²) in [5.41, 5.74) is 0.920. The summed E-state index contributed by atoms with van der Waals surface area (Å²) < 4.78 is 35.3. The molecule has 0 radical (unpaired) electrons. The van der Waals surface area contributed by atoms with Gasteiger partial charge in [0, 0.05) is 17.1 Å². The Balaban J connectivity index is 1.70. The van der Waals surface area contributed by atoms with Crippen molar-refractivity contribution in [1.82, 2.24) is 10.2 Å². The normalized spacial score (nSPS) is 14.3. The van der Waals surface area contributed by atoms with Gasteiger partial charge in [-0.25, -0.2) is 8.42 Å². The summed E-state index contributed by atoms with van der Waals surface area (Å²) in [5.74, 6) is -0.296. The largest absolute Gasteiger partial charge is 0.494 e. The number of hydrogen-bond donors (Lipinski definition) is 1. The molecule has 3 aromatic carbocycles. The highest BCUT2D eigenvalue weighted by atomic mass is 79.9. The van der Waals surface area contributed by atoms with Crippen molar-refractivity contribution >= 4 is 66.7 Å². The number of anilines is 1. The molecule has 0 aliphatic heterocycles. The van der Waals surface area contributed by atoms with Crippen molar-refractivity contribution in [2.75, 3.05) is 17.5 Å². The third-order valence-electron chi connectivity index (χ3n) is 7.32. The molecule has 1 aliphatic rings. The van der Waals surface area contributed by atoms with Crippen LogP contribution in [0.1, 0.15) is 45.1 Å². The Kier molecular flexibility index (Phi) is 11.4. The number of carbonyl (C=O) groups is 2. The van der Waals surface area contributed by atoms with Gasteiger partial charge in [0.2, 0.25) is 11.8 Å². The smallest absolute Gasteiger partial charge is 0.264 e. The lowest BCUT2D eigenvalue weighted by atomic mass is 10.1. The molecule has 4 rings (SSSR count). The third-order valence-corrected chi connectivity index (χ3v) is 10.4. The molecular formula is C31H34BrCl2N3O5S. The van der Waals surface area contributed by atoms with Crippen LogP contribution in [0, 0.1) is 0 Å². The summed E-state index contributed by atoms with van der Waals surface area (Å²) >= 11 is 15.7. The van der Waals surface area contributed by atoms with Gasteiger partial charge in [-0.05, 0) is 92.9 Å². The van der Waals surface area contributed by atoms with Crippen LogP contribution >= 0.6 is 39.1 Å². The first-order valence-corrected chi connectivity index (χ1v) is 17.0. The van der Waals surface area contributed by atoms with Crippen molar-refractivity contribution in [2.24, 2.45) is 0 Å². The van der Waals surface area contributed by atoms with Gasteiger partial charge in [0.05, 0.1) is 27.2 Å². The summed E-state index contributed by atoms with van der Waals surface area (Å²) in [7, 11) is -4.19. The first-order valence-electron chi connectivity index (χ1n) is 14.0. The molecular weight excluding hydrogens is 677 g/mol. The predicted octanol–water partition coefficient (Wildman–Crippen LogP) is 6.83. The van der Waals surface area contributed by atoms with E-state index < -0.39 is 28.5 Å². The number of nitrogens with one attached hydrogen (secondary N) is 1. The van der Waals surface area contributed by atoms with E-state index in [1.165, 1.54) is 17.0 Å². The molecule has 43 heavy (non-hydrogen) atoms. The molecule has 1 atom stereocenters. The minimum Gasteiger partial charge on any atom is -0.494 e. The summed E-state index contributed by atoms with van der Waals surface area (Å²) in [6.07, 6.45) is 3.85. The predicted molar refractivity (Wildman–Crippen MR) is 173 cm³/mol. The van der Waals surface area contributed by atoms with E-state index in [4.69, 9.17) is 27.9 Å². The van der Waals surface area contributed by atoms with Crippen LogP contribution in [-0.2, 0) is 26.2 Å². The summed E-state index contributed by atoms with van der Waals surface area (Å²) in [6.45, 7) is 3.41. The van der Waals surface area contributed by atoms with Gasteiger partial charge < -0.3 is 15.0 Å². The molecule has 3 aromatic rings. The van der Waals surface area contributed by atoms with Crippen molar-refractivity contribution < 1.29 is 22.7 Å². The van der Waals surface area contributed by atoms with Crippen LogP contribution in [-0.4, -0.2) is 50.4 Å². The Bertz CT molecular complexity index is 1530. The topological polar surface area (TPSA) is 96.0 Å². The second kappa shape index (κ2) is 14.8. The molecule has 0 bridgehead atoms. The molecule has 0 spiro atoms. The zero-order valence-corrected chi connectivity index (χ0v) is 27.8. The van der Waals surface area contributed by atoms with Gasteiger partial charge in [0.25, 0.3) is 10.0 Å². The first-order chi connectivity index (χ1) is 20.5. The van der Waals surface area contributed by atoms with Crippen molar-refractivity contribution in [3.63, 3.8) is 0 Å². The van der Waals surface area contributed by atoms with E-state index in [9.17, 15) is 18.0 Å². The minimum atomic E-state index is -4.19. The number of carbonyl (C=O) groups excluding carboxylic acids is 2. The fourth-order valence-corrected chi connectivity index (χ4v) is 6.95. The van der Waals surface area contributed by atoms with E-state index in [0.29, 0.717) is 32.4 Å². The Labute approximate surface area is 271 Å². The van der Waals surface area contributed by atoms with E-state index in [-0.39, 0.29) is 29.1 Å². The maximum absolute atomic E-state index is 14.1. The number of rotatable bonds is 12. The van der Waals surface area contributed by atoms with Gasteiger partial charge in [-0.2, -0.15) is 0 Å². The molecule has 8 nitrogen and oxygen atoms in total. The lowest BCUT2D eigenvalue weighted by Crippen LogP contribution is -2.52. The lowest BCUT2D eigenvalue weighted by Gasteiger charge is -2.32. The second-order valence-corrected chi connectivity index (χ2v) is 13.9. The molecule has 1 N–H and O–H groups in total. The van der Waals surface area contributed by atoms with Gasteiger partial charge in [-0.1, -0.05) is 58.0 Å². The van der Waals surface area contributed by atoms with Gasteiger partial charge in [-0.15, -0.1) is 0 Å². The van der Waals surface area contributed by atoms with Crippen LogP contribution in [0.3, 0.4) is 0 Å². The molecule has 1 saturated carbocycles. The van der Waals surface area contributed by atoms with Gasteiger partial charge in [-0.3, -0.25) is 13.9 Å². The Hall–Kier alpha value is -2.79. The van der Waals surface area contributed by atoms with E-state index in [1.54, 1.807) is 61.5 Å². The monoisotopic (exact) mass is 709 g/mol. The van der Waals surface area contributed by atoms with Crippen molar-refractivity contribution in [3.8, 4) is 5.75 Å². The van der Waals surface area contributed by atoms with Crippen LogP contribution in [0.2, 0.25) is 10.0 Å². The highest BCUT2D eigenvalue weighted by molar-refractivity contribution is 9.10. The number of nitrogens with zero attached hydrogens (tertiary/aromatic N) is 2. The number of amides is 2. The quantitative estimate of drug-likeness (QED) is 0.223. The molecule has 0 aromatic heterocycles. The van der Waals surface area contributed by atoms with Gasteiger partial charge in [0.1, 0.15) is 18.3 Å². The third kappa shape index (κ3) is 8.44. The molecule has 1 aliphatic carbocycles. The molecule has 12 heteroatoms. The van der Waals surface area contributed by atoms with E-state index in [2.05, 4.69) is 21.2 Å². The van der Waals surface area contributed by atoms with E-state index >= 15 is 0 Å². The fraction of sp³-hybridized carbons (Fsp3) is 0.355. The lowest BCUT2D eigenvalue weighted by molar-refractivity contribution is -0.139. The highest BCUT2D eigenvalue weighted by Crippen LogP contribution is 2.28. The molecule has 2 amide bonds. The van der Waals surface area contributed by atoms with Crippen LogP contribution in [0.25, 0.3) is 0 Å². The molecule has 0 unspecified atom stereocenters. The number of hydrogen-bond acceptors (Lipinski definition) is 5. The van der Waals surface area contributed by atoms with Gasteiger partial charge in [0.15, 0.2) is 0 Å². The van der Waals surface area contributed by atoms with Crippen LogP contribution in [0.4, 0.5) is 5.69 Å². The fourth-order valence-electron chi connectivity index (χ4n) is 4.95. The molecule has 230 valence electrons. The zero-order valence-electron chi connectivity index (χ0n) is 23.9. The maximum Gasteiger partial charge on any atom is 0.264 e. The van der Waals surface area contributed by atoms with Gasteiger partial charge >= 0.3 is 0 Å². The van der Waals surface area contributed by atoms with Crippen molar-refractivity contribution in [3.05, 3.63) is 86.8 Å². The highest BCUT2D eigenvalue weighted by Gasteiger charge is 2.33. The Morgan fingerprint density at radius 3 is 2.26 bits per heavy atom. The minimum absolute atomic E-state index is 0.0143. The van der Waals surface area contributed by atoms with Crippen LogP contribution < -0.4 is 14.4 Å². The number of halogens is 3.